The normalized spacial score (nSPS) is 19.6. The van der Waals surface area contributed by atoms with Crippen molar-refractivity contribution >= 4 is 46.6 Å². The van der Waals surface area contributed by atoms with E-state index in [0.717, 1.165) is 36.1 Å². The molecule has 206 valence electrons. The van der Waals surface area contributed by atoms with Gasteiger partial charge in [0.25, 0.3) is 5.91 Å². The van der Waals surface area contributed by atoms with E-state index in [9.17, 15) is 28.8 Å². The molecule has 0 saturated heterocycles. The van der Waals surface area contributed by atoms with Crippen LogP contribution in [-0.4, -0.2) is 105 Å². The number of nitrogens with one attached hydrogen (secondary N) is 2. The smallest absolute Gasteiger partial charge is 0.331 e. The van der Waals surface area contributed by atoms with E-state index in [1.807, 2.05) is 21.1 Å². The number of cyclic esters (lactones) is 1. The van der Waals surface area contributed by atoms with E-state index in [-0.39, 0.29) is 38.6 Å². The third kappa shape index (κ3) is 14.2. The molecule has 1 aliphatic heterocycles. The van der Waals surface area contributed by atoms with E-state index in [1.165, 1.54) is 13.8 Å². The summed E-state index contributed by atoms with van der Waals surface area (Å²) in [5.74, 6) is -3.21. The zero-order valence-electron chi connectivity index (χ0n) is 21.9. The van der Waals surface area contributed by atoms with Gasteiger partial charge in [-0.05, 0) is 6.08 Å². The van der Waals surface area contributed by atoms with Gasteiger partial charge in [-0.2, -0.15) is 0 Å². The van der Waals surface area contributed by atoms with Crippen LogP contribution in [0.15, 0.2) is 24.3 Å². The summed E-state index contributed by atoms with van der Waals surface area (Å²) in [6.07, 6.45) is 2.32. The molecular formula is C24H36N3O9S+. The van der Waals surface area contributed by atoms with E-state index in [2.05, 4.69) is 10.6 Å². The van der Waals surface area contributed by atoms with Crippen LogP contribution in [-0.2, 0) is 43.0 Å². The molecule has 12 nitrogen and oxygen atoms in total. The second kappa shape index (κ2) is 15.2. The van der Waals surface area contributed by atoms with Gasteiger partial charge in [-0.1, -0.05) is 25.6 Å². The Labute approximate surface area is 220 Å². The Morgan fingerprint density at radius 3 is 2.35 bits per heavy atom. The van der Waals surface area contributed by atoms with Gasteiger partial charge in [-0.15, -0.1) is 0 Å². The molecule has 0 fully saturated rings. The van der Waals surface area contributed by atoms with Crippen LogP contribution in [0.5, 0.6) is 0 Å². The molecule has 2 N–H and O–H groups in total. The first-order valence-electron chi connectivity index (χ1n) is 11.6. The van der Waals surface area contributed by atoms with Crippen molar-refractivity contribution in [1.29, 1.82) is 0 Å². The van der Waals surface area contributed by atoms with Crippen LogP contribution in [0.1, 0.15) is 20.3 Å². The fraction of sp³-hybridized carbons (Fsp3) is 0.583. The summed E-state index contributed by atoms with van der Waals surface area (Å²) >= 11 is 0.914. The maximum atomic E-state index is 12.8. The van der Waals surface area contributed by atoms with Crippen molar-refractivity contribution < 1.29 is 47.5 Å². The minimum absolute atomic E-state index is 0.0184. The first-order chi connectivity index (χ1) is 17.2. The summed E-state index contributed by atoms with van der Waals surface area (Å²) in [7, 11) is 5.83. The van der Waals surface area contributed by atoms with Crippen LogP contribution in [0.3, 0.4) is 0 Å². The maximum Gasteiger partial charge on any atom is 0.331 e. The summed E-state index contributed by atoms with van der Waals surface area (Å²) < 4.78 is 16.1. The lowest BCUT2D eigenvalue weighted by Crippen LogP contribution is -2.49. The van der Waals surface area contributed by atoms with Gasteiger partial charge >= 0.3 is 17.9 Å². The lowest BCUT2D eigenvalue weighted by Gasteiger charge is -2.31. The number of hydrogen-bond acceptors (Lipinski definition) is 10. The van der Waals surface area contributed by atoms with Crippen LogP contribution in [0.25, 0.3) is 0 Å². The predicted molar refractivity (Wildman–Crippen MR) is 135 cm³/mol. The summed E-state index contributed by atoms with van der Waals surface area (Å²) in [5, 5.41) is 4.74. The molecule has 2 amide bonds. The fourth-order valence-electron chi connectivity index (χ4n) is 2.72. The molecular weight excluding hydrogens is 506 g/mol. The van der Waals surface area contributed by atoms with Crippen molar-refractivity contribution in [3.05, 3.63) is 24.3 Å². The minimum atomic E-state index is -1.42. The molecule has 0 aromatic heterocycles. The highest BCUT2D eigenvalue weighted by Gasteiger charge is 2.39. The number of carbonyl (C=O) groups excluding carboxylic acids is 6. The van der Waals surface area contributed by atoms with Crippen molar-refractivity contribution in [2.24, 2.45) is 5.41 Å². The first kappa shape index (κ1) is 31.8. The molecule has 0 aliphatic carbocycles. The Hall–Kier alpha value is -3.19. The third-order valence-electron chi connectivity index (χ3n) is 4.81. The lowest BCUT2D eigenvalue weighted by molar-refractivity contribution is -0.870. The zero-order valence-corrected chi connectivity index (χ0v) is 22.7. The SMILES string of the molecule is CC(C)(COC(=O)/C=C/C(=O)OCC[N+](C)(C)C)[C@H]1OC(=O)/C=C/C(=O)SCCNC(=O)CCNC1=O. The summed E-state index contributed by atoms with van der Waals surface area (Å²) in [6, 6.07) is 0. The average Bonchev–Trinajstić information content (AvgIpc) is 2.80. The highest BCUT2D eigenvalue weighted by atomic mass is 32.2. The number of rotatable bonds is 8. The predicted octanol–water partition coefficient (Wildman–Crippen LogP) is -0.275. The number of thioether (sulfide) groups is 1. The second-order valence-electron chi connectivity index (χ2n) is 9.82. The standard InChI is InChI=1S/C24H35N3O9S/c1-24(2,16-35-19(30)7-6-18(29)34-14-13-27(3,4)5)22-23(33)26-11-10-17(28)25-12-15-37-21(32)9-8-20(31)36-22/h6-9,22H,10-16H2,1-5H3,(H-,25,26,28,33)/p+1/b7-6+,9-8+/t22-/m0/s1. The molecule has 0 aromatic carbocycles. The van der Waals surface area contributed by atoms with Gasteiger partial charge in [-0.25, -0.2) is 14.4 Å². The molecule has 0 radical (unpaired) electrons. The van der Waals surface area contributed by atoms with E-state index in [0.29, 0.717) is 16.8 Å². The van der Waals surface area contributed by atoms with Crippen molar-refractivity contribution in [3.63, 3.8) is 0 Å². The summed E-state index contributed by atoms with van der Waals surface area (Å²) in [6.45, 7) is 3.72. The molecule has 37 heavy (non-hydrogen) atoms. The molecule has 1 atom stereocenters. The monoisotopic (exact) mass is 542 g/mol. The van der Waals surface area contributed by atoms with E-state index >= 15 is 0 Å². The van der Waals surface area contributed by atoms with E-state index in [4.69, 9.17) is 14.2 Å². The van der Waals surface area contributed by atoms with Crippen LogP contribution in [0, 0.1) is 5.41 Å². The van der Waals surface area contributed by atoms with Gasteiger partial charge < -0.3 is 29.3 Å². The van der Waals surface area contributed by atoms with Crippen molar-refractivity contribution in [1.82, 2.24) is 10.6 Å². The Kier molecular flexibility index (Phi) is 13.0. The Bertz CT molecular complexity index is 923. The average molecular weight is 543 g/mol. The molecule has 0 bridgehead atoms. The van der Waals surface area contributed by atoms with Gasteiger partial charge in [0.2, 0.25) is 11.0 Å². The molecule has 13 heteroatoms. The first-order valence-corrected chi connectivity index (χ1v) is 12.6. The topological polar surface area (TPSA) is 154 Å². The van der Waals surface area contributed by atoms with Crippen LogP contribution in [0.4, 0.5) is 0 Å². The highest BCUT2D eigenvalue weighted by Crippen LogP contribution is 2.25. The van der Waals surface area contributed by atoms with Crippen LogP contribution in [0.2, 0.25) is 0 Å². The van der Waals surface area contributed by atoms with Gasteiger partial charge in [0.1, 0.15) is 19.8 Å². The van der Waals surface area contributed by atoms with Gasteiger partial charge in [0.05, 0.1) is 21.1 Å². The second-order valence-corrected chi connectivity index (χ2v) is 10.9. The third-order valence-corrected chi connectivity index (χ3v) is 5.63. The largest absolute Gasteiger partial charge is 0.462 e. The molecule has 0 saturated carbocycles. The molecule has 1 aliphatic rings. The Morgan fingerprint density at radius 1 is 1.05 bits per heavy atom. The summed E-state index contributed by atoms with van der Waals surface area (Å²) in [4.78, 5) is 72.7. The van der Waals surface area contributed by atoms with Crippen LogP contribution >= 0.6 is 11.8 Å². The number of nitrogens with zero attached hydrogens (tertiary/aromatic N) is 1. The van der Waals surface area contributed by atoms with Gasteiger partial charge in [0, 0.05) is 48.9 Å². The number of ether oxygens (including phenoxy) is 3. The lowest BCUT2D eigenvalue weighted by atomic mass is 9.86. The summed E-state index contributed by atoms with van der Waals surface area (Å²) in [5.41, 5.74) is -1.21. The van der Waals surface area contributed by atoms with E-state index < -0.39 is 40.4 Å². The fourth-order valence-corrected chi connectivity index (χ4v) is 3.28. The highest BCUT2D eigenvalue weighted by molar-refractivity contribution is 8.14. The number of likely N-dealkylation sites (N-methyl/N-ethyl adjacent to an activating group) is 1. The number of hydrogen-bond donors (Lipinski definition) is 2. The zero-order chi connectivity index (χ0) is 28.1. The number of quaternary nitrogens is 1. The molecule has 0 unspecified atom stereocenters. The van der Waals surface area contributed by atoms with Gasteiger partial charge in [-0.3, -0.25) is 14.4 Å². The number of amides is 2. The van der Waals surface area contributed by atoms with E-state index in [1.54, 1.807) is 0 Å². The minimum Gasteiger partial charge on any atom is -0.462 e. The molecule has 1 heterocycles. The van der Waals surface area contributed by atoms with Crippen molar-refractivity contribution in [2.45, 2.75) is 26.4 Å². The van der Waals surface area contributed by atoms with Crippen LogP contribution < -0.4 is 10.6 Å². The number of carbonyl (C=O) groups is 6. The Balaban J connectivity index is 2.82. The molecule has 1 rings (SSSR count). The van der Waals surface area contributed by atoms with Crippen molar-refractivity contribution in [3.8, 4) is 0 Å². The maximum absolute atomic E-state index is 12.8. The molecule has 0 aromatic rings. The van der Waals surface area contributed by atoms with Crippen molar-refractivity contribution in [2.75, 3.05) is 59.7 Å². The Morgan fingerprint density at radius 2 is 1.70 bits per heavy atom. The number of esters is 3. The van der Waals surface area contributed by atoms with Gasteiger partial charge in [0.15, 0.2) is 6.10 Å². The quantitative estimate of drug-likeness (QED) is 0.181. The molecule has 0 spiro atoms.